The molecule has 0 atom stereocenters. The van der Waals surface area contributed by atoms with Gasteiger partial charge in [0.1, 0.15) is 0 Å². The van der Waals surface area contributed by atoms with Crippen LogP contribution in [0.25, 0.3) is 0 Å². The minimum absolute atomic E-state index is 0.0165. The number of hydrogen-bond acceptors (Lipinski definition) is 3. The van der Waals surface area contributed by atoms with Gasteiger partial charge in [-0.1, -0.05) is 32.0 Å². The van der Waals surface area contributed by atoms with Crippen LogP contribution in [0.3, 0.4) is 0 Å². The summed E-state index contributed by atoms with van der Waals surface area (Å²) in [7, 11) is 0. The maximum absolute atomic E-state index is 11.4. The highest BCUT2D eigenvalue weighted by Gasteiger charge is 2.31. The summed E-state index contributed by atoms with van der Waals surface area (Å²) >= 11 is 0. The molecule has 0 bridgehead atoms. The Balaban J connectivity index is 2.67. The molecule has 1 aliphatic heterocycles. The number of nitro benzene ring substituents is 1. The van der Waals surface area contributed by atoms with Crippen LogP contribution < -0.4 is 5.32 Å². The first-order valence-corrected chi connectivity index (χ1v) is 7.40. The van der Waals surface area contributed by atoms with Crippen LogP contribution in [0.2, 0.25) is 0 Å². The van der Waals surface area contributed by atoms with Crippen molar-refractivity contribution in [2.75, 3.05) is 0 Å². The van der Waals surface area contributed by atoms with E-state index in [-0.39, 0.29) is 16.5 Å². The van der Waals surface area contributed by atoms with Gasteiger partial charge in [-0.25, -0.2) is 0 Å². The lowest BCUT2D eigenvalue weighted by atomic mass is 9.78. The summed E-state index contributed by atoms with van der Waals surface area (Å²) in [6, 6.07) is 7.10. The van der Waals surface area contributed by atoms with Gasteiger partial charge in [-0.2, -0.15) is 0 Å². The van der Waals surface area contributed by atoms with Gasteiger partial charge in [0.2, 0.25) is 0 Å². The maximum atomic E-state index is 11.4. The van der Waals surface area contributed by atoms with Crippen molar-refractivity contribution in [3.63, 3.8) is 0 Å². The lowest BCUT2D eigenvalue weighted by molar-refractivity contribution is -0.385. The first kappa shape index (κ1) is 15.3. The second-order valence-electron chi connectivity index (χ2n) is 5.38. The molecule has 112 valence electrons. The Morgan fingerprint density at radius 1 is 1.10 bits per heavy atom. The maximum Gasteiger partial charge on any atom is 0.273 e. The van der Waals surface area contributed by atoms with E-state index in [1.54, 1.807) is 12.1 Å². The second kappa shape index (κ2) is 6.12. The fraction of sp³-hybridized carbons (Fsp3) is 0.412. The van der Waals surface area contributed by atoms with Gasteiger partial charge in [0.05, 0.1) is 4.92 Å². The topological polar surface area (TPSA) is 55.2 Å². The van der Waals surface area contributed by atoms with E-state index < -0.39 is 0 Å². The lowest BCUT2D eigenvalue weighted by Gasteiger charge is -2.32. The van der Waals surface area contributed by atoms with E-state index in [4.69, 9.17) is 0 Å². The summed E-state index contributed by atoms with van der Waals surface area (Å²) in [4.78, 5) is 11.1. The average molecular weight is 286 g/mol. The van der Waals surface area contributed by atoms with Crippen molar-refractivity contribution in [3.8, 4) is 0 Å². The molecule has 1 N–H and O–H groups in total. The van der Waals surface area contributed by atoms with E-state index in [0.29, 0.717) is 0 Å². The Morgan fingerprint density at radius 3 is 2.10 bits per heavy atom. The van der Waals surface area contributed by atoms with Crippen LogP contribution in [-0.2, 0) is 0 Å². The van der Waals surface area contributed by atoms with E-state index in [1.807, 2.05) is 12.1 Å². The van der Waals surface area contributed by atoms with Gasteiger partial charge in [0.15, 0.2) is 0 Å². The van der Waals surface area contributed by atoms with Crippen LogP contribution in [0.4, 0.5) is 5.69 Å². The molecule has 1 aromatic carbocycles. The minimum atomic E-state index is -0.275. The Kier molecular flexibility index (Phi) is 4.46. The zero-order valence-corrected chi connectivity index (χ0v) is 13.1. The zero-order valence-electron chi connectivity index (χ0n) is 13.1. The summed E-state index contributed by atoms with van der Waals surface area (Å²) in [6.45, 7) is 8.32. The van der Waals surface area contributed by atoms with Gasteiger partial charge in [0, 0.05) is 28.9 Å². The van der Waals surface area contributed by atoms with Crippen molar-refractivity contribution >= 4 is 5.69 Å². The predicted molar refractivity (Wildman–Crippen MR) is 85.0 cm³/mol. The molecule has 4 nitrogen and oxygen atoms in total. The van der Waals surface area contributed by atoms with Gasteiger partial charge in [-0.15, -0.1) is 0 Å². The highest BCUT2D eigenvalue weighted by molar-refractivity contribution is 5.53. The van der Waals surface area contributed by atoms with E-state index in [0.717, 1.165) is 29.8 Å². The van der Waals surface area contributed by atoms with E-state index in [2.05, 4.69) is 33.0 Å². The van der Waals surface area contributed by atoms with Gasteiger partial charge >= 0.3 is 0 Å². The molecular formula is C17H22N2O2. The third-order valence-corrected chi connectivity index (χ3v) is 4.24. The first-order valence-electron chi connectivity index (χ1n) is 7.40. The van der Waals surface area contributed by atoms with E-state index in [9.17, 15) is 10.1 Å². The summed E-state index contributed by atoms with van der Waals surface area (Å²) in [5, 5.41) is 14.8. The molecule has 1 heterocycles. The molecule has 4 heteroatoms. The number of nitrogens with one attached hydrogen (secondary N) is 1. The molecule has 0 aromatic heterocycles. The summed E-state index contributed by atoms with van der Waals surface area (Å²) < 4.78 is 0. The monoisotopic (exact) mass is 286 g/mol. The van der Waals surface area contributed by atoms with Crippen LogP contribution in [0.15, 0.2) is 46.8 Å². The Hall–Kier alpha value is -2.10. The van der Waals surface area contributed by atoms with Crippen LogP contribution >= 0.6 is 0 Å². The van der Waals surface area contributed by atoms with Gasteiger partial charge in [-0.05, 0) is 37.8 Å². The number of para-hydroxylation sites is 1. The van der Waals surface area contributed by atoms with Crippen molar-refractivity contribution in [1.82, 2.24) is 5.32 Å². The van der Waals surface area contributed by atoms with Crippen molar-refractivity contribution < 1.29 is 4.92 Å². The Bertz CT molecular complexity index is 603. The third-order valence-electron chi connectivity index (χ3n) is 4.24. The molecule has 1 aromatic rings. The highest BCUT2D eigenvalue weighted by Crippen LogP contribution is 2.43. The number of nitro groups is 1. The van der Waals surface area contributed by atoms with Crippen molar-refractivity contribution in [1.29, 1.82) is 0 Å². The molecule has 21 heavy (non-hydrogen) atoms. The predicted octanol–water partition coefficient (Wildman–Crippen LogP) is 4.65. The number of nitrogens with zero attached hydrogens (tertiary/aromatic N) is 1. The standard InChI is InChI=1S/C17H22N2O2/c1-5-13-11(3)18-12(4)14(6-2)17(13)15-9-7-8-10-16(15)19(20)21/h7-10,17-18H,5-6H2,1-4H3. The molecule has 2 rings (SSSR count). The van der Waals surface area contributed by atoms with E-state index >= 15 is 0 Å². The molecule has 0 aliphatic carbocycles. The number of rotatable bonds is 4. The van der Waals surface area contributed by atoms with Crippen LogP contribution in [0.1, 0.15) is 52.0 Å². The number of dihydropyridines is 1. The lowest BCUT2D eigenvalue weighted by Crippen LogP contribution is -2.24. The van der Waals surface area contributed by atoms with Crippen molar-refractivity contribution in [3.05, 3.63) is 62.5 Å². The first-order chi connectivity index (χ1) is 10.0. The molecular weight excluding hydrogens is 264 g/mol. The van der Waals surface area contributed by atoms with Gasteiger partial charge in [-0.3, -0.25) is 10.1 Å². The van der Waals surface area contributed by atoms with E-state index in [1.165, 1.54) is 11.1 Å². The fourth-order valence-corrected chi connectivity index (χ4v) is 3.30. The van der Waals surface area contributed by atoms with Crippen molar-refractivity contribution in [2.45, 2.75) is 46.5 Å². The molecule has 1 aliphatic rings. The van der Waals surface area contributed by atoms with Gasteiger partial charge in [0.25, 0.3) is 5.69 Å². The number of benzene rings is 1. The number of hydrogen-bond donors (Lipinski definition) is 1. The molecule has 0 unspecified atom stereocenters. The third kappa shape index (κ3) is 2.71. The molecule has 0 fully saturated rings. The summed E-state index contributed by atoms with van der Waals surface area (Å²) in [5.74, 6) is 0.0165. The van der Waals surface area contributed by atoms with Crippen LogP contribution in [-0.4, -0.2) is 4.92 Å². The van der Waals surface area contributed by atoms with Crippen LogP contribution in [0, 0.1) is 10.1 Å². The molecule has 0 saturated heterocycles. The largest absolute Gasteiger partial charge is 0.363 e. The normalized spacial score (nSPS) is 16.2. The van der Waals surface area contributed by atoms with Gasteiger partial charge < -0.3 is 5.32 Å². The quantitative estimate of drug-likeness (QED) is 0.647. The van der Waals surface area contributed by atoms with Crippen molar-refractivity contribution in [2.24, 2.45) is 0 Å². The highest BCUT2D eigenvalue weighted by atomic mass is 16.6. The number of allylic oxidation sites excluding steroid dienone is 4. The Morgan fingerprint density at radius 2 is 1.62 bits per heavy atom. The van der Waals surface area contributed by atoms with Crippen LogP contribution in [0.5, 0.6) is 0 Å². The SMILES string of the molecule is CCC1=C(C)NC(C)=C(CC)C1c1ccccc1[N+](=O)[O-]. The summed E-state index contributed by atoms with van der Waals surface area (Å²) in [6.07, 6.45) is 1.76. The fourth-order valence-electron chi connectivity index (χ4n) is 3.30. The Labute approximate surface area is 125 Å². The molecule has 0 saturated carbocycles. The zero-order chi connectivity index (χ0) is 15.6. The smallest absolute Gasteiger partial charge is 0.273 e. The second-order valence-corrected chi connectivity index (χ2v) is 5.38. The minimum Gasteiger partial charge on any atom is -0.363 e. The molecule has 0 amide bonds. The summed E-state index contributed by atoms with van der Waals surface area (Å²) in [5.41, 5.74) is 5.74. The molecule has 0 spiro atoms. The molecule has 0 radical (unpaired) electrons. The average Bonchev–Trinajstić information content (AvgIpc) is 2.46.